The number of benzene rings is 2. The van der Waals surface area contributed by atoms with E-state index >= 15 is 0 Å². The van der Waals surface area contributed by atoms with Crippen LogP contribution in [0.4, 0.5) is 0 Å². The minimum absolute atomic E-state index is 0.475. The van der Waals surface area contributed by atoms with Crippen LogP contribution >= 0.6 is 19.2 Å². The molecule has 3 N–H and O–H groups in total. The summed E-state index contributed by atoms with van der Waals surface area (Å²) in [7, 11) is -4.29. The Hall–Kier alpha value is -1.16. The average Bonchev–Trinajstić information content (AvgIpc) is 2.45. The van der Waals surface area contributed by atoms with Crippen LogP contribution in [0.15, 0.2) is 54.6 Å². The van der Waals surface area contributed by atoms with Crippen molar-refractivity contribution in [2.75, 3.05) is 6.54 Å². The molecule has 1 unspecified atom stereocenters. The van der Waals surface area contributed by atoms with Gasteiger partial charge in [-0.1, -0.05) is 54.1 Å². The van der Waals surface area contributed by atoms with Gasteiger partial charge in [0.15, 0.2) is 0 Å². The highest BCUT2D eigenvalue weighted by Gasteiger charge is 2.29. The summed E-state index contributed by atoms with van der Waals surface area (Å²) in [5.41, 5.74) is 1.64. The van der Waals surface area contributed by atoms with Crippen molar-refractivity contribution in [2.45, 2.75) is 12.2 Å². The fourth-order valence-corrected chi connectivity index (χ4v) is 3.13. The maximum atomic E-state index is 11.7. The molecule has 0 spiro atoms. The molecule has 4 nitrogen and oxygen atoms in total. The molecule has 0 saturated carbocycles. The van der Waals surface area contributed by atoms with Crippen molar-refractivity contribution in [3.63, 3.8) is 0 Å². The third-order valence-corrected chi connectivity index (χ3v) is 4.52. The number of rotatable bonds is 6. The predicted molar refractivity (Wildman–Crippen MR) is 84.4 cm³/mol. The molecule has 0 fully saturated rings. The topological polar surface area (TPSA) is 69.6 Å². The zero-order valence-corrected chi connectivity index (χ0v) is 13.0. The summed E-state index contributed by atoms with van der Waals surface area (Å²) in [6.45, 7) is 0.475. The summed E-state index contributed by atoms with van der Waals surface area (Å²) in [5, 5.41) is 3.47. The molecule has 0 radical (unpaired) electrons. The van der Waals surface area contributed by atoms with Gasteiger partial charge in [-0.2, -0.15) is 0 Å². The highest BCUT2D eigenvalue weighted by Crippen LogP contribution is 2.49. The van der Waals surface area contributed by atoms with Gasteiger partial charge >= 0.3 is 7.60 Å². The maximum Gasteiger partial charge on any atom is 0.346 e. The van der Waals surface area contributed by atoms with Crippen molar-refractivity contribution in [1.82, 2.24) is 5.32 Å². The summed E-state index contributed by atoms with van der Waals surface area (Å²) in [6, 6.07) is 16.3. The lowest BCUT2D eigenvalue weighted by Gasteiger charge is -2.20. The Kier molecular flexibility index (Phi) is 5.57. The van der Waals surface area contributed by atoms with Crippen molar-refractivity contribution in [3.8, 4) is 0 Å². The number of halogens is 1. The molecule has 112 valence electrons. The summed E-state index contributed by atoms with van der Waals surface area (Å²) in [6.07, 6.45) is 0.699. The van der Waals surface area contributed by atoms with E-state index in [1.807, 2.05) is 30.3 Å². The Morgan fingerprint density at radius 2 is 1.67 bits per heavy atom. The first-order chi connectivity index (χ1) is 9.97. The van der Waals surface area contributed by atoms with Gasteiger partial charge < -0.3 is 9.79 Å². The Labute approximate surface area is 128 Å². The molecule has 0 amide bonds. The van der Waals surface area contributed by atoms with Crippen LogP contribution in [0.25, 0.3) is 0 Å². The van der Waals surface area contributed by atoms with Gasteiger partial charge in [-0.05, 0) is 29.7 Å². The van der Waals surface area contributed by atoms with E-state index in [-0.39, 0.29) is 0 Å². The van der Waals surface area contributed by atoms with Crippen LogP contribution in [-0.2, 0) is 11.0 Å². The standard InChI is InChI=1S/C15H17ClNO3P/c16-14-8-6-13(7-9-14)15(21(18,19)20)17-11-10-12-4-2-1-3-5-12/h1-9,15,17H,10-11H2,(H2,18,19,20). The Balaban J connectivity index is 2.04. The van der Waals surface area contributed by atoms with E-state index in [1.54, 1.807) is 24.3 Å². The van der Waals surface area contributed by atoms with Crippen molar-refractivity contribution in [3.05, 3.63) is 70.7 Å². The van der Waals surface area contributed by atoms with Crippen LogP contribution in [0.5, 0.6) is 0 Å². The van der Waals surface area contributed by atoms with E-state index in [0.717, 1.165) is 5.56 Å². The first kappa shape index (κ1) is 16.2. The molecule has 0 heterocycles. The van der Waals surface area contributed by atoms with Gasteiger partial charge in [0.1, 0.15) is 5.78 Å². The third-order valence-electron chi connectivity index (χ3n) is 3.12. The molecule has 2 rings (SSSR count). The molecule has 2 aromatic carbocycles. The number of hydrogen-bond acceptors (Lipinski definition) is 2. The van der Waals surface area contributed by atoms with Gasteiger partial charge in [-0.15, -0.1) is 0 Å². The first-order valence-electron chi connectivity index (χ1n) is 6.55. The highest BCUT2D eigenvalue weighted by atomic mass is 35.5. The van der Waals surface area contributed by atoms with Crippen molar-refractivity contribution >= 4 is 19.2 Å². The molecule has 6 heteroatoms. The number of hydrogen-bond donors (Lipinski definition) is 3. The molecule has 0 bridgehead atoms. The van der Waals surface area contributed by atoms with E-state index in [1.165, 1.54) is 0 Å². The zero-order chi connectivity index (χ0) is 15.3. The summed E-state index contributed by atoms with van der Waals surface area (Å²) >= 11 is 5.80. The van der Waals surface area contributed by atoms with Crippen LogP contribution in [0.1, 0.15) is 16.9 Å². The first-order valence-corrected chi connectivity index (χ1v) is 8.61. The quantitative estimate of drug-likeness (QED) is 0.712. The molecule has 0 aliphatic rings. The molecule has 0 aliphatic heterocycles. The van der Waals surface area contributed by atoms with Gasteiger partial charge in [0.05, 0.1) is 0 Å². The lowest BCUT2D eigenvalue weighted by molar-refractivity contribution is 0.348. The molecule has 21 heavy (non-hydrogen) atoms. The summed E-state index contributed by atoms with van der Waals surface area (Å²) < 4.78 is 11.7. The maximum absolute atomic E-state index is 11.7. The van der Waals surface area contributed by atoms with Crippen LogP contribution in [0, 0.1) is 0 Å². The molecule has 0 aromatic heterocycles. The molecule has 0 aliphatic carbocycles. The van der Waals surface area contributed by atoms with Gasteiger partial charge in [0.2, 0.25) is 0 Å². The minimum Gasteiger partial charge on any atom is -0.323 e. The van der Waals surface area contributed by atoms with E-state index < -0.39 is 13.4 Å². The third kappa shape index (κ3) is 4.95. The van der Waals surface area contributed by atoms with Crippen molar-refractivity contribution < 1.29 is 14.4 Å². The van der Waals surface area contributed by atoms with E-state index in [9.17, 15) is 14.4 Å². The SMILES string of the molecule is O=P(O)(O)C(NCCc1ccccc1)c1ccc(Cl)cc1. The summed E-state index contributed by atoms with van der Waals surface area (Å²) in [4.78, 5) is 19.0. The Bertz CT molecular complexity index is 613. The summed E-state index contributed by atoms with van der Waals surface area (Å²) in [5.74, 6) is -1.02. The fourth-order valence-electron chi connectivity index (χ4n) is 2.07. The van der Waals surface area contributed by atoms with E-state index in [4.69, 9.17) is 11.6 Å². The Morgan fingerprint density at radius 1 is 1.05 bits per heavy atom. The Morgan fingerprint density at radius 3 is 2.24 bits per heavy atom. The molecule has 2 aromatic rings. The number of nitrogens with one attached hydrogen (secondary N) is 1. The zero-order valence-electron chi connectivity index (χ0n) is 11.3. The van der Waals surface area contributed by atoms with Crippen LogP contribution in [0.3, 0.4) is 0 Å². The lowest BCUT2D eigenvalue weighted by Crippen LogP contribution is -2.23. The van der Waals surface area contributed by atoms with Gasteiger partial charge in [-0.25, -0.2) is 0 Å². The highest BCUT2D eigenvalue weighted by molar-refractivity contribution is 7.52. The van der Waals surface area contributed by atoms with Gasteiger partial charge in [-0.3, -0.25) is 9.88 Å². The van der Waals surface area contributed by atoms with E-state index in [0.29, 0.717) is 23.6 Å². The normalized spacial score (nSPS) is 13.1. The van der Waals surface area contributed by atoms with Crippen LogP contribution in [-0.4, -0.2) is 16.3 Å². The van der Waals surface area contributed by atoms with Crippen molar-refractivity contribution in [2.24, 2.45) is 0 Å². The molecular weight excluding hydrogens is 309 g/mol. The van der Waals surface area contributed by atoms with Gasteiger partial charge in [0, 0.05) is 11.6 Å². The lowest BCUT2D eigenvalue weighted by atomic mass is 10.1. The fraction of sp³-hybridized carbons (Fsp3) is 0.200. The second-order valence-electron chi connectivity index (χ2n) is 4.73. The predicted octanol–water partition coefficient (Wildman–Crippen LogP) is 3.35. The van der Waals surface area contributed by atoms with Crippen LogP contribution < -0.4 is 5.32 Å². The monoisotopic (exact) mass is 325 g/mol. The molecule has 1 atom stereocenters. The van der Waals surface area contributed by atoms with Crippen molar-refractivity contribution in [1.29, 1.82) is 0 Å². The second kappa shape index (κ2) is 7.21. The van der Waals surface area contributed by atoms with Crippen LogP contribution in [0.2, 0.25) is 5.02 Å². The molecule has 0 saturated heterocycles. The largest absolute Gasteiger partial charge is 0.346 e. The smallest absolute Gasteiger partial charge is 0.323 e. The minimum atomic E-state index is -4.29. The van der Waals surface area contributed by atoms with Gasteiger partial charge in [0.25, 0.3) is 0 Å². The molecular formula is C15H17ClNO3P. The van der Waals surface area contributed by atoms with E-state index in [2.05, 4.69) is 5.32 Å². The average molecular weight is 326 g/mol. The second-order valence-corrected chi connectivity index (χ2v) is 6.86.